The van der Waals surface area contributed by atoms with Crippen LogP contribution in [0.15, 0.2) is 78.4 Å². The molecule has 0 atom stereocenters. The first-order chi connectivity index (χ1) is 13.2. The van der Waals surface area contributed by atoms with Crippen LogP contribution in [0.25, 0.3) is 11.6 Å². The quantitative estimate of drug-likeness (QED) is 0.654. The van der Waals surface area contributed by atoms with Gasteiger partial charge < -0.3 is 9.47 Å². The first-order valence-electron chi connectivity index (χ1n) is 8.46. The Morgan fingerprint density at radius 2 is 1.78 bits per heavy atom. The molecule has 0 saturated heterocycles. The average molecular weight is 359 g/mol. The van der Waals surface area contributed by atoms with E-state index in [-0.39, 0.29) is 5.57 Å². The molecule has 0 bridgehead atoms. The molecule has 1 aromatic heterocycles. The van der Waals surface area contributed by atoms with E-state index in [9.17, 15) is 4.79 Å². The van der Waals surface area contributed by atoms with Gasteiger partial charge in [0.15, 0.2) is 11.5 Å². The van der Waals surface area contributed by atoms with Crippen molar-refractivity contribution in [3.8, 4) is 0 Å². The maximum absolute atomic E-state index is 12.4. The van der Waals surface area contributed by atoms with Gasteiger partial charge in [-0.05, 0) is 17.2 Å². The third-order valence-corrected chi connectivity index (χ3v) is 4.14. The van der Waals surface area contributed by atoms with Crippen LogP contribution in [0.1, 0.15) is 16.8 Å². The molecule has 0 N–H and O–H groups in total. The highest BCUT2D eigenvalue weighted by Gasteiger charge is 2.34. The normalized spacial score (nSPS) is 15.3. The lowest BCUT2D eigenvalue weighted by Crippen LogP contribution is -2.00. The van der Waals surface area contributed by atoms with E-state index >= 15 is 0 Å². The molecule has 4 rings (SSSR count). The van der Waals surface area contributed by atoms with Crippen molar-refractivity contribution in [2.24, 2.45) is 0 Å². The molecule has 0 amide bonds. The second-order valence-electron chi connectivity index (χ2n) is 6.00. The van der Waals surface area contributed by atoms with E-state index in [0.717, 1.165) is 11.1 Å². The average Bonchev–Trinajstić information content (AvgIpc) is 3.26. The molecule has 2 heterocycles. The van der Waals surface area contributed by atoms with Crippen LogP contribution in [0.2, 0.25) is 0 Å². The molecule has 0 spiro atoms. The van der Waals surface area contributed by atoms with Crippen molar-refractivity contribution < 1.29 is 14.3 Å². The van der Waals surface area contributed by atoms with Crippen molar-refractivity contribution in [2.75, 3.05) is 7.11 Å². The first kappa shape index (κ1) is 16.8. The van der Waals surface area contributed by atoms with Gasteiger partial charge in [-0.2, -0.15) is 0 Å². The van der Waals surface area contributed by atoms with Gasteiger partial charge in [0.25, 0.3) is 0 Å². The minimum absolute atomic E-state index is 0.277. The maximum atomic E-state index is 12.4. The van der Waals surface area contributed by atoms with Crippen LogP contribution in [0.3, 0.4) is 0 Å². The van der Waals surface area contributed by atoms with Crippen molar-refractivity contribution >= 4 is 17.6 Å². The maximum Gasteiger partial charge on any atom is 0.349 e. The summed E-state index contributed by atoms with van der Waals surface area (Å²) in [5.74, 6) is 0.220. The summed E-state index contributed by atoms with van der Waals surface area (Å²) in [6.07, 6.45) is 3.48. The van der Waals surface area contributed by atoms with Gasteiger partial charge in [-0.15, -0.1) is 5.10 Å². The highest BCUT2D eigenvalue weighted by atomic mass is 16.6. The fourth-order valence-electron chi connectivity index (χ4n) is 2.89. The summed E-state index contributed by atoms with van der Waals surface area (Å²) in [5.41, 5.74) is 2.70. The predicted octanol–water partition coefficient (Wildman–Crippen LogP) is 3.28. The minimum Gasteiger partial charge on any atom is -0.492 e. The van der Waals surface area contributed by atoms with Gasteiger partial charge in [0.1, 0.15) is 11.3 Å². The number of rotatable bonds is 5. The van der Waals surface area contributed by atoms with Crippen molar-refractivity contribution in [3.05, 3.63) is 95.2 Å². The van der Waals surface area contributed by atoms with E-state index < -0.39 is 5.97 Å². The summed E-state index contributed by atoms with van der Waals surface area (Å²) in [4.78, 5) is 12.4. The van der Waals surface area contributed by atoms with E-state index in [0.29, 0.717) is 23.8 Å². The zero-order valence-corrected chi connectivity index (χ0v) is 14.7. The van der Waals surface area contributed by atoms with Gasteiger partial charge in [0.05, 0.1) is 19.9 Å². The predicted molar refractivity (Wildman–Crippen MR) is 100 cm³/mol. The Bertz CT molecular complexity index is 1020. The number of ether oxygens (including phenoxy) is 2. The number of carbonyl (C=O) groups is 1. The van der Waals surface area contributed by atoms with Crippen LogP contribution >= 0.6 is 0 Å². The van der Waals surface area contributed by atoms with Crippen molar-refractivity contribution in [1.29, 1.82) is 0 Å². The van der Waals surface area contributed by atoms with E-state index in [1.54, 1.807) is 17.0 Å². The summed E-state index contributed by atoms with van der Waals surface area (Å²) in [6, 6.07) is 19.5. The summed E-state index contributed by atoms with van der Waals surface area (Å²) in [5, 5.41) is 8.25. The lowest BCUT2D eigenvalue weighted by Gasteiger charge is -2.02. The number of hydrogen-bond donors (Lipinski definition) is 0. The van der Waals surface area contributed by atoms with Gasteiger partial charge in [-0.3, -0.25) is 0 Å². The number of methoxy groups -OCH3 is 1. The second kappa shape index (κ2) is 7.29. The van der Waals surface area contributed by atoms with Crippen LogP contribution in [0, 0.1) is 0 Å². The summed E-state index contributed by atoms with van der Waals surface area (Å²) in [6.45, 7) is 0.561. The van der Waals surface area contributed by atoms with E-state index in [4.69, 9.17) is 9.47 Å². The SMILES string of the molecule is COC1=C(c2cn(Cc3ccccc3)nn2)C(=O)O/C1=C/c1ccccc1. The molecule has 0 aliphatic carbocycles. The van der Waals surface area contributed by atoms with E-state index in [2.05, 4.69) is 10.3 Å². The van der Waals surface area contributed by atoms with Crippen molar-refractivity contribution in [1.82, 2.24) is 15.0 Å². The van der Waals surface area contributed by atoms with Crippen LogP contribution in [0.4, 0.5) is 0 Å². The molecule has 6 heteroatoms. The Labute approximate surface area is 156 Å². The molecule has 0 saturated carbocycles. The summed E-state index contributed by atoms with van der Waals surface area (Å²) < 4.78 is 12.5. The van der Waals surface area contributed by atoms with Crippen LogP contribution in [0.5, 0.6) is 0 Å². The molecule has 3 aromatic rings. The zero-order valence-electron chi connectivity index (χ0n) is 14.7. The Hall–Kier alpha value is -3.67. The monoisotopic (exact) mass is 359 g/mol. The smallest absolute Gasteiger partial charge is 0.349 e. The van der Waals surface area contributed by atoms with Gasteiger partial charge in [0, 0.05) is 0 Å². The van der Waals surface area contributed by atoms with Crippen LogP contribution < -0.4 is 0 Å². The molecule has 1 aliphatic heterocycles. The third kappa shape index (κ3) is 3.50. The third-order valence-electron chi connectivity index (χ3n) is 4.14. The molecule has 0 fully saturated rings. The van der Waals surface area contributed by atoms with Crippen molar-refractivity contribution in [3.63, 3.8) is 0 Å². The van der Waals surface area contributed by atoms with Crippen LogP contribution in [-0.4, -0.2) is 28.1 Å². The largest absolute Gasteiger partial charge is 0.492 e. The molecule has 6 nitrogen and oxygen atoms in total. The highest BCUT2D eigenvalue weighted by molar-refractivity contribution is 6.20. The molecule has 2 aromatic carbocycles. The number of hydrogen-bond acceptors (Lipinski definition) is 5. The number of nitrogens with zero attached hydrogens (tertiary/aromatic N) is 3. The lowest BCUT2D eigenvalue weighted by molar-refractivity contribution is -0.131. The Morgan fingerprint density at radius 1 is 1.07 bits per heavy atom. The fourth-order valence-corrected chi connectivity index (χ4v) is 2.89. The fraction of sp³-hybridized carbons (Fsp3) is 0.0952. The topological polar surface area (TPSA) is 66.2 Å². The lowest BCUT2D eigenvalue weighted by atomic mass is 10.1. The molecular formula is C21H17N3O3. The number of cyclic esters (lactones) is 1. The molecule has 0 radical (unpaired) electrons. The molecule has 134 valence electrons. The molecule has 27 heavy (non-hydrogen) atoms. The van der Waals surface area contributed by atoms with E-state index in [1.165, 1.54) is 7.11 Å². The first-order valence-corrected chi connectivity index (χ1v) is 8.46. The van der Waals surface area contributed by atoms with E-state index in [1.807, 2.05) is 60.7 Å². The Morgan fingerprint density at radius 3 is 2.48 bits per heavy atom. The Balaban J connectivity index is 1.66. The standard InChI is InChI=1S/C21H17N3O3/c1-26-20-18(12-15-8-4-2-5-9-15)27-21(25)19(20)17-14-24(23-22-17)13-16-10-6-3-7-11-16/h2-12,14H,13H2,1H3/b18-12+. The van der Waals surface area contributed by atoms with Gasteiger partial charge in [-0.25, -0.2) is 9.48 Å². The number of esters is 1. The molecule has 0 unspecified atom stereocenters. The Kier molecular flexibility index (Phi) is 4.53. The van der Waals surface area contributed by atoms with Crippen LogP contribution in [-0.2, 0) is 20.8 Å². The number of benzene rings is 2. The summed E-state index contributed by atoms with van der Waals surface area (Å²) >= 11 is 0. The van der Waals surface area contributed by atoms with Gasteiger partial charge >= 0.3 is 5.97 Å². The molecular weight excluding hydrogens is 342 g/mol. The number of carbonyl (C=O) groups excluding carboxylic acids is 1. The molecule has 1 aliphatic rings. The second-order valence-corrected chi connectivity index (χ2v) is 6.00. The number of aromatic nitrogens is 3. The van der Waals surface area contributed by atoms with Crippen molar-refractivity contribution in [2.45, 2.75) is 6.54 Å². The van der Waals surface area contributed by atoms with Gasteiger partial charge in [0.2, 0.25) is 0 Å². The zero-order chi connectivity index (χ0) is 18.6. The highest BCUT2D eigenvalue weighted by Crippen LogP contribution is 2.33. The summed E-state index contributed by atoms with van der Waals surface area (Å²) in [7, 11) is 1.50. The minimum atomic E-state index is -0.499. The van der Waals surface area contributed by atoms with Gasteiger partial charge in [-0.1, -0.05) is 65.9 Å².